The maximum atomic E-state index is 14.0. The van der Waals surface area contributed by atoms with Gasteiger partial charge in [0.1, 0.15) is 34.3 Å². The third kappa shape index (κ3) is 11.0. The van der Waals surface area contributed by atoms with Crippen LogP contribution in [0.4, 0.5) is 47.5 Å². The number of benzene rings is 3. The Kier molecular flexibility index (Phi) is 14.5. The number of thiazole rings is 2. The average Bonchev–Trinajstić information content (AvgIpc) is 4.20. The number of para-hydroxylation sites is 2. The van der Waals surface area contributed by atoms with Crippen LogP contribution < -0.4 is 32.7 Å². The molecule has 0 spiro atoms. The predicted molar refractivity (Wildman–Crippen MR) is 285 cm³/mol. The molecule has 0 fully saturated rings. The Morgan fingerprint density at radius 3 is 2.01 bits per heavy atom. The van der Waals surface area contributed by atoms with Crippen molar-refractivity contribution < 1.29 is 18.4 Å². The highest BCUT2D eigenvalue weighted by molar-refractivity contribution is 7.19. The van der Waals surface area contributed by atoms with Crippen LogP contribution in [-0.2, 0) is 17.9 Å². The minimum absolute atomic E-state index is 0.00593. The molecule has 8 N–H and O–H groups in total. The fourth-order valence-corrected chi connectivity index (χ4v) is 9.67. The van der Waals surface area contributed by atoms with Gasteiger partial charge in [0.25, 0.3) is 11.8 Å². The molecule has 20 heteroatoms. The summed E-state index contributed by atoms with van der Waals surface area (Å²) in [5.41, 5.74) is 19.6. The van der Waals surface area contributed by atoms with Gasteiger partial charge in [0.15, 0.2) is 10.3 Å². The molecule has 6 aromatic heterocycles. The van der Waals surface area contributed by atoms with Crippen molar-refractivity contribution in [2.24, 2.45) is 0 Å². The van der Waals surface area contributed by atoms with Gasteiger partial charge in [-0.3, -0.25) is 18.4 Å². The number of nitrogens with two attached hydrogens (primary N) is 2. The maximum absolute atomic E-state index is 14.0. The van der Waals surface area contributed by atoms with Crippen molar-refractivity contribution in [3.8, 4) is 21.1 Å². The first kappa shape index (κ1) is 48.7. The van der Waals surface area contributed by atoms with Gasteiger partial charge >= 0.3 is 0 Å². The number of hydrogen-bond donors (Lipinski definition) is 6. The monoisotopic (exact) mass is 1000 g/mol. The number of pyridine rings is 2. The number of rotatable bonds is 14. The van der Waals surface area contributed by atoms with Gasteiger partial charge in [-0.05, 0) is 101 Å². The average molecular weight is 1010 g/mol. The van der Waals surface area contributed by atoms with Crippen LogP contribution in [0.2, 0.25) is 0 Å². The van der Waals surface area contributed by atoms with Crippen molar-refractivity contribution in [2.45, 2.75) is 25.6 Å². The number of halogens is 2. The summed E-state index contributed by atoms with van der Waals surface area (Å²) in [4.78, 5) is 49.6. The van der Waals surface area contributed by atoms with Crippen molar-refractivity contribution >= 4 is 84.5 Å². The van der Waals surface area contributed by atoms with Crippen LogP contribution in [-0.4, -0.2) is 84.6 Å². The number of carbonyl (C=O) groups excluding carboxylic acids is 2. The number of nitrogens with one attached hydrogen (secondary N) is 4. The first-order valence-corrected chi connectivity index (χ1v) is 24.3. The summed E-state index contributed by atoms with van der Waals surface area (Å²) >= 11 is 3.06. The van der Waals surface area contributed by atoms with Gasteiger partial charge in [0.2, 0.25) is 0 Å². The minimum Gasteiger partial charge on any atom is -0.397 e. The number of anilines is 7. The number of nitrogens with zero attached hydrogens (tertiary/aromatic N) is 8. The molecule has 0 saturated carbocycles. The molecule has 0 aliphatic heterocycles. The minimum atomic E-state index is -0.582. The van der Waals surface area contributed by atoms with E-state index in [9.17, 15) is 18.4 Å². The van der Waals surface area contributed by atoms with Crippen molar-refractivity contribution in [3.05, 3.63) is 174 Å². The van der Waals surface area contributed by atoms with Crippen LogP contribution in [0.15, 0.2) is 146 Å². The summed E-state index contributed by atoms with van der Waals surface area (Å²) < 4.78 is 32.2. The quantitative estimate of drug-likeness (QED) is 0.0564. The highest BCUT2D eigenvalue weighted by atomic mass is 32.1. The number of amides is 2. The van der Waals surface area contributed by atoms with E-state index in [1.807, 2.05) is 89.5 Å². The van der Waals surface area contributed by atoms with Gasteiger partial charge < -0.3 is 42.5 Å². The van der Waals surface area contributed by atoms with Crippen LogP contribution in [0.1, 0.15) is 28.0 Å². The Morgan fingerprint density at radius 2 is 1.35 bits per heavy atom. The van der Waals surface area contributed by atoms with Gasteiger partial charge in [-0.25, -0.2) is 28.7 Å². The number of imidazole rings is 2. The summed E-state index contributed by atoms with van der Waals surface area (Å²) in [6.07, 6.45) is 15.4. The molecule has 6 heterocycles. The summed E-state index contributed by atoms with van der Waals surface area (Å²) in [7, 11) is 8.15. The number of hydrogen-bond acceptors (Lipinski definition) is 14. The van der Waals surface area contributed by atoms with Gasteiger partial charge in [-0.1, -0.05) is 65.2 Å². The van der Waals surface area contributed by atoms with Gasteiger partial charge in [-0.2, -0.15) is 0 Å². The van der Waals surface area contributed by atoms with E-state index in [1.165, 1.54) is 41.7 Å². The molecule has 366 valence electrons. The fraction of sp³-hybridized carbons (Fsp3) is 0.154. The van der Waals surface area contributed by atoms with Crippen LogP contribution >= 0.6 is 22.7 Å². The lowest BCUT2D eigenvalue weighted by atomic mass is 10.0. The second-order valence-electron chi connectivity index (χ2n) is 17.3. The molecule has 0 bridgehead atoms. The van der Waals surface area contributed by atoms with E-state index >= 15 is 0 Å². The lowest BCUT2D eigenvalue weighted by Gasteiger charge is -2.17. The summed E-state index contributed by atoms with van der Waals surface area (Å²) in [6.45, 7) is 1.60. The zero-order chi connectivity index (χ0) is 50.5. The lowest BCUT2D eigenvalue weighted by molar-refractivity contribution is -0.112. The molecule has 72 heavy (non-hydrogen) atoms. The predicted octanol–water partition coefficient (Wildman–Crippen LogP) is 9.78. The van der Waals surface area contributed by atoms with E-state index in [1.54, 1.807) is 47.7 Å². The zero-order valence-corrected chi connectivity index (χ0v) is 41.2. The normalized spacial score (nSPS) is 13.3. The SMILES string of the molecule is CN(C)Cc1cccc2ncc(-c3cnc(Nc4ccc(C(=O)Nc5c(N)cccc5F)cc4)s3)n12.CN(C)Cc1cccn2c(-c3cnc(NC4C=CC(C(=O)Nc5c(N)cccc5F)=CC4)s3)cnc12. The second-order valence-corrected chi connectivity index (χ2v) is 19.3. The summed E-state index contributed by atoms with van der Waals surface area (Å²) in [6, 6.07) is 25.6. The Hall–Kier alpha value is -8.30. The standard InChI is InChI=1S/C26H26FN7OS.C26H24FN7OS/c1-33(2)15-17-5-4-12-34-21(13-29-24(17)34)22-14-30-26(36-22)31-18-10-8-16(9-11-18)25(35)32-23-19(27)6-3-7-20(23)28;1-33(2)15-18-5-3-8-23-29-13-21(34(18)23)22-14-30-26(36-22)31-17-11-9-16(10-12-17)25(35)32-24-19(27)6-4-7-20(24)28/h3-10,12-14,18H,11,15,28H2,1-2H3,(H,30,31)(H,32,35);3-14H,15,28H2,1-2H3,(H,30,31)(H,32,35). The van der Waals surface area contributed by atoms with Crippen LogP contribution in [0.25, 0.3) is 32.4 Å². The maximum Gasteiger partial charge on any atom is 0.255 e. The van der Waals surface area contributed by atoms with E-state index in [4.69, 9.17) is 11.5 Å². The summed E-state index contributed by atoms with van der Waals surface area (Å²) in [5.74, 6) is -2.00. The Labute approximate surface area is 421 Å². The molecular weight excluding hydrogens is 955 g/mol. The zero-order valence-electron chi connectivity index (χ0n) is 39.6. The van der Waals surface area contributed by atoms with Gasteiger partial charge in [-0.15, -0.1) is 0 Å². The molecule has 2 amide bonds. The highest BCUT2D eigenvalue weighted by Gasteiger charge is 2.20. The topological polar surface area (TPSA) is 201 Å². The lowest BCUT2D eigenvalue weighted by Crippen LogP contribution is -2.22. The Morgan fingerprint density at radius 1 is 0.708 bits per heavy atom. The number of aromatic nitrogens is 6. The van der Waals surface area contributed by atoms with Crippen molar-refractivity contribution in [1.29, 1.82) is 0 Å². The van der Waals surface area contributed by atoms with E-state index in [0.29, 0.717) is 22.7 Å². The molecule has 1 aliphatic rings. The fourth-order valence-electron chi connectivity index (χ4n) is 7.95. The van der Waals surface area contributed by atoms with Crippen LogP contribution in [0.3, 0.4) is 0 Å². The molecule has 3 aromatic carbocycles. The molecule has 10 rings (SSSR count). The first-order valence-electron chi connectivity index (χ1n) is 22.6. The van der Waals surface area contributed by atoms with Crippen molar-refractivity contribution in [1.82, 2.24) is 38.5 Å². The highest BCUT2D eigenvalue weighted by Crippen LogP contribution is 2.34. The molecule has 9 aromatic rings. The third-order valence-corrected chi connectivity index (χ3v) is 13.2. The molecule has 1 atom stereocenters. The van der Waals surface area contributed by atoms with Crippen molar-refractivity contribution in [3.63, 3.8) is 0 Å². The van der Waals surface area contributed by atoms with Gasteiger partial charge in [0.05, 0.1) is 51.0 Å². The molecule has 16 nitrogen and oxygen atoms in total. The largest absolute Gasteiger partial charge is 0.397 e. The second kappa shape index (κ2) is 21.4. The first-order chi connectivity index (χ1) is 34.8. The molecule has 0 saturated heterocycles. The number of carbonyl (C=O) groups is 2. The van der Waals surface area contributed by atoms with Gasteiger partial charge in [0, 0.05) is 59.8 Å². The number of fused-ring (bicyclic) bond motifs is 2. The van der Waals surface area contributed by atoms with E-state index in [2.05, 4.69) is 71.9 Å². The molecule has 0 radical (unpaired) electrons. The van der Waals surface area contributed by atoms with E-state index < -0.39 is 23.4 Å². The molecular formula is C52H50F2N14O2S2. The molecule has 1 aliphatic carbocycles. The Balaban J connectivity index is 0.000000178. The molecule has 1 unspecified atom stereocenters. The smallest absolute Gasteiger partial charge is 0.255 e. The van der Waals surface area contributed by atoms with Crippen LogP contribution in [0, 0.1) is 11.6 Å². The van der Waals surface area contributed by atoms with Crippen molar-refractivity contribution in [2.75, 3.05) is 60.9 Å². The third-order valence-electron chi connectivity index (χ3n) is 11.3. The summed E-state index contributed by atoms with van der Waals surface area (Å²) in [5, 5.41) is 13.3. The Bertz CT molecular complexity index is 3450. The number of nitrogen functional groups attached to an aromatic ring is 2. The van der Waals surface area contributed by atoms with E-state index in [0.717, 1.165) is 67.6 Å². The van der Waals surface area contributed by atoms with E-state index in [-0.39, 0.29) is 28.8 Å². The van der Waals surface area contributed by atoms with Crippen LogP contribution in [0.5, 0.6) is 0 Å².